The first-order valence-corrected chi connectivity index (χ1v) is 13.3. The Balaban J connectivity index is 1.90. The van der Waals surface area contributed by atoms with Gasteiger partial charge in [-0.15, -0.1) is 0 Å². The monoisotopic (exact) mass is 508 g/mol. The number of nitrogens with zero attached hydrogens (tertiary/aromatic N) is 2. The molecule has 2 aromatic carbocycles. The number of amides is 1. The van der Waals surface area contributed by atoms with Crippen LogP contribution in [-0.4, -0.2) is 36.9 Å². The molecule has 190 valence electrons. The lowest BCUT2D eigenvalue weighted by atomic mass is 9.88. The molecule has 1 aliphatic rings. The lowest BCUT2D eigenvalue weighted by Crippen LogP contribution is -2.41. The van der Waals surface area contributed by atoms with Crippen LogP contribution in [0.3, 0.4) is 0 Å². The topological polar surface area (TPSA) is 110 Å². The molecule has 2 heterocycles. The van der Waals surface area contributed by atoms with Crippen LogP contribution in [0.4, 0.5) is 5.95 Å². The van der Waals surface area contributed by atoms with Gasteiger partial charge in [-0.3, -0.25) is 4.79 Å². The largest absolute Gasteiger partial charge is 0.475 e. The van der Waals surface area contributed by atoms with Crippen molar-refractivity contribution in [2.45, 2.75) is 58.9 Å². The summed E-state index contributed by atoms with van der Waals surface area (Å²) in [6.45, 7) is 12.3. The van der Waals surface area contributed by atoms with Crippen molar-refractivity contribution in [3.05, 3.63) is 64.7 Å². The molecular weight excluding hydrogens is 476 g/mol. The number of nitrogens with one attached hydrogen (secondary N) is 2. The second-order valence-electron chi connectivity index (χ2n) is 10.5. The van der Waals surface area contributed by atoms with Crippen LogP contribution in [0.1, 0.15) is 54.2 Å². The summed E-state index contributed by atoms with van der Waals surface area (Å²) >= 11 is 0. The lowest BCUT2D eigenvalue weighted by Gasteiger charge is -2.27. The molecule has 36 heavy (non-hydrogen) atoms. The minimum absolute atomic E-state index is 0.0537. The number of hydrogen-bond acceptors (Lipinski definition) is 6. The summed E-state index contributed by atoms with van der Waals surface area (Å²) < 4.78 is 35.1. The minimum Gasteiger partial charge on any atom is -0.475 e. The molecule has 0 aliphatic carbocycles. The highest BCUT2D eigenvalue weighted by Crippen LogP contribution is 2.34. The quantitative estimate of drug-likeness (QED) is 0.515. The van der Waals surface area contributed by atoms with Crippen LogP contribution in [0.15, 0.2) is 47.4 Å². The summed E-state index contributed by atoms with van der Waals surface area (Å²) in [6.07, 6.45) is 0.649. The van der Waals surface area contributed by atoms with Gasteiger partial charge in [0, 0.05) is 16.7 Å². The Labute approximate surface area is 212 Å². The van der Waals surface area contributed by atoms with E-state index < -0.39 is 10.0 Å². The molecule has 8 nitrogen and oxygen atoms in total. The standard InChI is InChI=1S/C27H32N4O4S/c1-16-9-7-10-17(2)22(16)23-18(3)25-30-26(29-23)31-36(33,34)21-12-8-11-19(13-21)24(32)28-20(15-35-25)14-27(4,5)6/h7-13,20H,14-15H2,1-6H3,(H,28,32)(H,29,30,31)/t20-/m1/s1. The number of aromatic nitrogens is 2. The average molecular weight is 509 g/mol. The number of ether oxygens (including phenoxy) is 1. The molecule has 0 spiro atoms. The van der Waals surface area contributed by atoms with E-state index in [1.807, 2.05) is 39.0 Å². The molecule has 0 unspecified atom stereocenters. The van der Waals surface area contributed by atoms with Gasteiger partial charge in [0.1, 0.15) is 6.61 Å². The third-order valence-corrected chi connectivity index (χ3v) is 7.39. The number of anilines is 1. The molecule has 1 aromatic heterocycles. The summed E-state index contributed by atoms with van der Waals surface area (Å²) in [7, 11) is -4.07. The Kier molecular flexibility index (Phi) is 6.79. The van der Waals surface area contributed by atoms with E-state index in [2.05, 4.69) is 40.8 Å². The van der Waals surface area contributed by atoms with Crippen LogP contribution in [0.2, 0.25) is 0 Å². The van der Waals surface area contributed by atoms with Crippen molar-refractivity contribution in [2.75, 3.05) is 11.3 Å². The first kappa shape index (κ1) is 25.6. The van der Waals surface area contributed by atoms with Gasteiger partial charge in [-0.2, -0.15) is 4.98 Å². The van der Waals surface area contributed by atoms with Gasteiger partial charge in [0.25, 0.3) is 15.9 Å². The maximum Gasteiger partial charge on any atom is 0.264 e. The summed E-state index contributed by atoms with van der Waals surface area (Å²) in [5.41, 5.74) is 4.33. The minimum atomic E-state index is -4.07. The Bertz CT molecular complexity index is 1410. The van der Waals surface area contributed by atoms with Crippen molar-refractivity contribution in [1.82, 2.24) is 15.3 Å². The fourth-order valence-corrected chi connectivity index (χ4v) is 5.43. The molecule has 2 N–H and O–H groups in total. The Morgan fingerprint density at radius 3 is 2.36 bits per heavy atom. The van der Waals surface area contributed by atoms with Gasteiger partial charge in [0.2, 0.25) is 11.8 Å². The van der Waals surface area contributed by atoms with Gasteiger partial charge in [-0.25, -0.2) is 18.1 Å². The molecule has 1 atom stereocenters. The predicted octanol–water partition coefficient (Wildman–Crippen LogP) is 4.80. The van der Waals surface area contributed by atoms with Crippen molar-refractivity contribution in [1.29, 1.82) is 0 Å². The Morgan fingerprint density at radius 2 is 1.69 bits per heavy atom. The summed E-state index contributed by atoms with van der Waals surface area (Å²) in [4.78, 5) is 22.0. The van der Waals surface area contributed by atoms with Gasteiger partial charge >= 0.3 is 0 Å². The zero-order valence-corrected chi connectivity index (χ0v) is 22.3. The zero-order valence-electron chi connectivity index (χ0n) is 21.5. The second-order valence-corrected chi connectivity index (χ2v) is 12.2. The van der Waals surface area contributed by atoms with Gasteiger partial charge in [0.15, 0.2) is 0 Å². The normalized spacial score (nSPS) is 17.5. The van der Waals surface area contributed by atoms with E-state index in [0.717, 1.165) is 16.7 Å². The van der Waals surface area contributed by atoms with Gasteiger partial charge in [-0.05, 0) is 61.9 Å². The molecule has 0 fully saturated rings. The van der Waals surface area contributed by atoms with Crippen LogP contribution >= 0.6 is 0 Å². The molecular formula is C27H32N4O4S. The fraction of sp³-hybridized carbons (Fsp3) is 0.370. The number of carbonyl (C=O) groups is 1. The summed E-state index contributed by atoms with van der Waals surface area (Å²) in [5, 5.41) is 3.02. The number of rotatable bonds is 2. The highest BCUT2D eigenvalue weighted by Gasteiger charge is 2.26. The van der Waals surface area contributed by atoms with E-state index in [4.69, 9.17) is 4.74 Å². The third-order valence-electron chi connectivity index (χ3n) is 6.07. The number of sulfonamides is 1. The van der Waals surface area contributed by atoms with Gasteiger partial charge in [0.05, 0.1) is 16.6 Å². The maximum absolute atomic E-state index is 13.2. The average Bonchev–Trinajstić information content (AvgIpc) is 2.78. The molecule has 4 rings (SSSR count). The van der Waals surface area contributed by atoms with Crippen LogP contribution in [-0.2, 0) is 10.0 Å². The number of aryl methyl sites for hydroxylation is 2. The molecule has 4 bridgehead atoms. The molecule has 0 saturated heterocycles. The van der Waals surface area contributed by atoms with Gasteiger partial charge in [-0.1, -0.05) is 45.0 Å². The van der Waals surface area contributed by atoms with Crippen LogP contribution in [0, 0.1) is 26.2 Å². The van der Waals surface area contributed by atoms with E-state index >= 15 is 0 Å². The van der Waals surface area contributed by atoms with E-state index in [0.29, 0.717) is 17.7 Å². The number of hydrogen-bond donors (Lipinski definition) is 2. The van der Waals surface area contributed by atoms with Crippen LogP contribution < -0.4 is 14.8 Å². The van der Waals surface area contributed by atoms with E-state index in [1.54, 1.807) is 12.1 Å². The Hall–Kier alpha value is -3.46. The smallest absolute Gasteiger partial charge is 0.264 e. The summed E-state index contributed by atoms with van der Waals surface area (Å²) in [5.74, 6) is -0.195. The van der Waals surface area contributed by atoms with Crippen LogP contribution in [0.25, 0.3) is 11.3 Å². The van der Waals surface area contributed by atoms with Crippen LogP contribution in [0.5, 0.6) is 5.88 Å². The second kappa shape index (κ2) is 9.54. The Morgan fingerprint density at radius 1 is 1.03 bits per heavy atom. The van der Waals surface area contributed by atoms with Gasteiger partial charge < -0.3 is 10.1 Å². The molecule has 1 amide bonds. The maximum atomic E-state index is 13.2. The lowest BCUT2D eigenvalue weighted by molar-refractivity contribution is 0.0903. The summed E-state index contributed by atoms with van der Waals surface area (Å²) in [6, 6.07) is 11.5. The third kappa shape index (κ3) is 5.51. The van der Waals surface area contributed by atoms with Crippen molar-refractivity contribution in [2.24, 2.45) is 5.41 Å². The number of fused-ring (bicyclic) bond motifs is 4. The molecule has 1 aliphatic heterocycles. The van der Waals surface area contributed by atoms with Crippen molar-refractivity contribution in [3.63, 3.8) is 0 Å². The first-order chi connectivity index (χ1) is 16.8. The molecule has 0 saturated carbocycles. The SMILES string of the molecule is Cc1cccc(C)c1-c1nc2nc(c1C)OC[C@@H](CC(C)(C)C)NC(=O)c1cccc(c1)S(=O)(=O)N2. The van der Waals surface area contributed by atoms with Crippen molar-refractivity contribution in [3.8, 4) is 17.1 Å². The molecule has 3 aromatic rings. The fourth-order valence-electron chi connectivity index (χ4n) is 4.44. The van der Waals surface area contributed by atoms with E-state index in [1.165, 1.54) is 12.1 Å². The zero-order chi connectivity index (χ0) is 26.3. The number of benzene rings is 2. The first-order valence-electron chi connectivity index (χ1n) is 11.9. The molecule has 0 radical (unpaired) electrons. The van der Waals surface area contributed by atoms with Crippen molar-refractivity contribution >= 4 is 21.9 Å². The number of carbonyl (C=O) groups excluding carboxylic acids is 1. The molecule has 9 heteroatoms. The predicted molar refractivity (Wildman–Crippen MR) is 140 cm³/mol. The highest BCUT2D eigenvalue weighted by molar-refractivity contribution is 7.92. The van der Waals surface area contributed by atoms with Crippen molar-refractivity contribution < 1.29 is 17.9 Å². The highest BCUT2D eigenvalue weighted by atomic mass is 32.2. The van der Waals surface area contributed by atoms with E-state index in [-0.39, 0.29) is 46.3 Å². The van der Waals surface area contributed by atoms with E-state index in [9.17, 15) is 13.2 Å².